The second-order valence-electron chi connectivity index (χ2n) is 5.85. The van der Waals surface area contributed by atoms with Crippen LogP contribution in [0.2, 0.25) is 0 Å². The summed E-state index contributed by atoms with van der Waals surface area (Å²) in [5.74, 6) is 0.453. The molecular weight excluding hydrogens is 332 g/mol. The van der Waals surface area contributed by atoms with Gasteiger partial charge in [0.15, 0.2) is 0 Å². The van der Waals surface area contributed by atoms with Gasteiger partial charge < -0.3 is 9.64 Å². The minimum Gasteiger partial charge on any atom is -0.470 e. The van der Waals surface area contributed by atoms with Crippen LogP contribution < -0.4 is 4.74 Å². The third-order valence-corrected chi connectivity index (χ3v) is 4.63. The van der Waals surface area contributed by atoms with E-state index in [9.17, 15) is 4.79 Å². The van der Waals surface area contributed by atoms with Gasteiger partial charge in [0, 0.05) is 25.9 Å². The van der Waals surface area contributed by atoms with Crippen LogP contribution >= 0.6 is 11.3 Å². The van der Waals surface area contributed by atoms with Crippen molar-refractivity contribution in [2.45, 2.75) is 19.6 Å². The lowest BCUT2D eigenvalue weighted by Gasteiger charge is -2.17. The molecule has 128 valence electrons. The highest BCUT2D eigenvalue weighted by Crippen LogP contribution is 2.20. The van der Waals surface area contributed by atoms with Crippen molar-refractivity contribution in [2.24, 2.45) is 0 Å². The lowest BCUT2D eigenvalue weighted by molar-refractivity contribution is 0.0784. The number of hydrogen-bond donors (Lipinski definition) is 0. The van der Waals surface area contributed by atoms with E-state index in [0.29, 0.717) is 18.0 Å². The van der Waals surface area contributed by atoms with Crippen molar-refractivity contribution in [3.05, 3.63) is 82.2 Å². The third-order valence-electron chi connectivity index (χ3n) is 3.90. The summed E-state index contributed by atoms with van der Waals surface area (Å²) in [6.07, 6.45) is 1.47. The third kappa shape index (κ3) is 4.45. The van der Waals surface area contributed by atoms with Crippen molar-refractivity contribution in [2.75, 3.05) is 7.05 Å². The van der Waals surface area contributed by atoms with Gasteiger partial charge in [-0.25, -0.2) is 4.98 Å². The molecule has 3 aromatic rings. The molecule has 3 rings (SSSR count). The van der Waals surface area contributed by atoms with Crippen LogP contribution in [0.4, 0.5) is 0 Å². The largest absolute Gasteiger partial charge is 0.470 e. The number of pyridine rings is 1. The van der Waals surface area contributed by atoms with Crippen molar-refractivity contribution >= 4 is 17.2 Å². The molecule has 0 aliphatic rings. The van der Waals surface area contributed by atoms with Gasteiger partial charge >= 0.3 is 0 Å². The summed E-state index contributed by atoms with van der Waals surface area (Å²) in [5, 5.41) is 4.05. The first-order chi connectivity index (χ1) is 12.1. The highest BCUT2D eigenvalue weighted by molar-refractivity contribution is 7.07. The maximum Gasteiger partial charge on any atom is 0.255 e. The van der Waals surface area contributed by atoms with Crippen LogP contribution in [0.15, 0.2) is 65.5 Å². The summed E-state index contributed by atoms with van der Waals surface area (Å²) < 4.78 is 5.85. The maximum atomic E-state index is 12.5. The van der Waals surface area contributed by atoms with E-state index in [2.05, 4.69) is 4.98 Å². The number of carbonyl (C=O) groups excluding carboxylic acids is 1. The molecule has 0 bridgehead atoms. The van der Waals surface area contributed by atoms with E-state index in [1.165, 1.54) is 0 Å². The Labute approximate surface area is 151 Å². The molecule has 1 amide bonds. The summed E-state index contributed by atoms with van der Waals surface area (Å²) in [7, 11) is 1.79. The SMILES string of the molecule is C[C@H](Oc1ccc(C(=O)N(C)Cc2ccsc2)cn1)c1ccccc1. The molecule has 0 saturated carbocycles. The van der Waals surface area contributed by atoms with Crippen LogP contribution in [0.25, 0.3) is 0 Å². The first-order valence-electron chi connectivity index (χ1n) is 8.07. The van der Waals surface area contributed by atoms with Gasteiger partial charge in [0.2, 0.25) is 5.88 Å². The van der Waals surface area contributed by atoms with Gasteiger partial charge in [-0.1, -0.05) is 30.3 Å². The monoisotopic (exact) mass is 352 g/mol. The standard InChI is InChI=1S/C20H20N2O2S/c1-15(17-6-4-3-5-7-17)24-19-9-8-18(12-21-19)20(23)22(2)13-16-10-11-25-14-16/h3-12,14-15H,13H2,1-2H3/t15-/m0/s1. The number of nitrogens with zero attached hydrogens (tertiary/aromatic N) is 2. The molecule has 1 aromatic carbocycles. The molecule has 0 N–H and O–H groups in total. The Kier molecular flexibility index (Phi) is 5.46. The zero-order chi connectivity index (χ0) is 17.6. The molecule has 2 aromatic heterocycles. The Morgan fingerprint density at radius 3 is 2.64 bits per heavy atom. The molecule has 4 nitrogen and oxygen atoms in total. The van der Waals surface area contributed by atoms with Crippen molar-refractivity contribution in [3.63, 3.8) is 0 Å². The number of carbonyl (C=O) groups is 1. The van der Waals surface area contributed by atoms with Crippen LogP contribution in [0.3, 0.4) is 0 Å². The fourth-order valence-corrected chi connectivity index (χ4v) is 3.16. The molecule has 0 aliphatic heterocycles. The summed E-state index contributed by atoms with van der Waals surface area (Å²) in [5.41, 5.74) is 2.77. The van der Waals surface area contributed by atoms with E-state index in [0.717, 1.165) is 11.1 Å². The highest BCUT2D eigenvalue weighted by Gasteiger charge is 2.14. The zero-order valence-electron chi connectivity index (χ0n) is 14.3. The van der Waals surface area contributed by atoms with Crippen LogP contribution in [-0.4, -0.2) is 22.8 Å². The van der Waals surface area contributed by atoms with Gasteiger partial charge in [-0.3, -0.25) is 4.79 Å². The van der Waals surface area contributed by atoms with Crippen LogP contribution in [-0.2, 0) is 6.54 Å². The Morgan fingerprint density at radius 2 is 2.00 bits per heavy atom. The number of aromatic nitrogens is 1. The highest BCUT2D eigenvalue weighted by atomic mass is 32.1. The molecule has 5 heteroatoms. The molecule has 1 atom stereocenters. The minimum atomic E-state index is -0.100. The quantitative estimate of drug-likeness (QED) is 0.653. The molecule has 0 radical (unpaired) electrons. The molecule has 0 spiro atoms. The van der Waals surface area contributed by atoms with E-state index in [1.54, 1.807) is 41.6 Å². The van der Waals surface area contributed by atoms with Gasteiger partial charge in [0.1, 0.15) is 6.10 Å². The predicted octanol–water partition coefficient (Wildman–Crippen LogP) is 4.56. The lowest BCUT2D eigenvalue weighted by Crippen LogP contribution is -2.26. The number of benzene rings is 1. The molecule has 0 fully saturated rings. The second kappa shape index (κ2) is 7.94. The Morgan fingerprint density at radius 1 is 1.20 bits per heavy atom. The van der Waals surface area contributed by atoms with Crippen LogP contribution in [0.1, 0.15) is 34.5 Å². The van der Waals surface area contributed by atoms with E-state index < -0.39 is 0 Å². The van der Waals surface area contributed by atoms with E-state index in [4.69, 9.17) is 4.74 Å². The predicted molar refractivity (Wildman–Crippen MR) is 99.8 cm³/mol. The van der Waals surface area contributed by atoms with Crippen molar-refractivity contribution in [3.8, 4) is 5.88 Å². The average molecular weight is 352 g/mol. The molecular formula is C20H20N2O2S. The van der Waals surface area contributed by atoms with E-state index in [1.807, 2.05) is 54.1 Å². The smallest absolute Gasteiger partial charge is 0.255 e. The topological polar surface area (TPSA) is 42.4 Å². The molecule has 2 heterocycles. The number of amides is 1. The van der Waals surface area contributed by atoms with Gasteiger partial charge in [0.25, 0.3) is 5.91 Å². The van der Waals surface area contributed by atoms with Crippen LogP contribution in [0.5, 0.6) is 5.88 Å². The fraction of sp³-hybridized carbons (Fsp3) is 0.200. The van der Waals surface area contributed by atoms with Gasteiger partial charge in [-0.05, 0) is 40.9 Å². The van der Waals surface area contributed by atoms with Gasteiger partial charge in [0.05, 0.1) is 5.56 Å². The van der Waals surface area contributed by atoms with Crippen molar-refractivity contribution < 1.29 is 9.53 Å². The zero-order valence-corrected chi connectivity index (χ0v) is 15.1. The summed E-state index contributed by atoms with van der Waals surface area (Å²) in [6, 6.07) is 15.5. The average Bonchev–Trinajstić information content (AvgIpc) is 3.15. The maximum absolute atomic E-state index is 12.5. The van der Waals surface area contributed by atoms with Crippen molar-refractivity contribution in [1.29, 1.82) is 0 Å². The molecule has 25 heavy (non-hydrogen) atoms. The number of rotatable bonds is 6. The van der Waals surface area contributed by atoms with Crippen molar-refractivity contribution in [1.82, 2.24) is 9.88 Å². The Balaban J connectivity index is 1.62. The first-order valence-corrected chi connectivity index (χ1v) is 9.02. The molecule has 0 aliphatic carbocycles. The number of ether oxygens (including phenoxy) is 1. The summed E-state index contributed by atoms with van der Waals surface area (Å²) in [6.45, 7) is 2.57. The molecule has 0 unspecified atom stereocenters. The Bertz CT molecular complexity index is 801. The minimum absolute atomic E-state index is 0.0543. The fourth-order valence-electron chi connectivity index (χ4n) is 2.50. The number of hydrogen-bond acceptors (Lipinski definition) is 4. The summed E-state index contributed by atoms with van der Waals surface area (Å²) >= 11 is 1.63. The second-order valence-corrected chi connectivity index (χ2v) is 6.63. The van der Waals surface area contributed by atoms with E-state index in [-0.39, 0.29) is 12.0 Å². The van der Waals surface area contributed by atoms with Crippen LogP contribution in [0, 0.1) is 0 Å². The lowest BCUT2D eigenvalue weighted by atomic mass is 10.1. The van der Waals surface area contributed by atoms with Gasteiger partial charge in [-0.2, -0.15) is 11.3 Å². The number of thiophene rings is 1. The van der Waals surface area contributed by atoms with Gasteiger partial charge in [-0.15, -0.1) is 0 Å². The Hall–Kier alpha value is -2.66. The summed E-state index contributed by atoms with van der Waals surface area (Å²) in [4.78, 5) is 18.4. The normalized spacial score (nSPS) is 11.8. The first kappa shape index (κ1) is 17.2. The van der Waals surface area contributed by atoms with E-state index >= 15 is 0 Å². The molecule has 0 saturated heterocycles.